The van der Waals surface area contributed by atoms with Gasteiger partial charge in [-0.25, -0.2) is 0 Å². The molecule has 298 valence electrons. The van der Waals surface area contributed by atoms with E-state index in [-0.39, 0.29) is 36.9 Å². The van der Waals surface area contributed by atoms with Gasteiger partial charge in [-0.3, -0.25) is 4.79 Å². The van der Waals surface area contributed by atoms with Crippen LogP contribution in [-0.4, -0.2) is 93.2 Å². The maximum Gasteiger partial charge on any atom is 0.191 e. The summed E-state index contributed by atoms with van der Waals surface area (Å²) in [6.45, 7) is 31.9. The van der Waals surface area contributed by atoms with Crippen molar-refractivity contribution in [2.45, 2.75) is 148 Å². The highest BCUT2D eigenvalue weighted by Crippen LogP contribution is 2.64. The lowest BCUT2D eigenvalue weighted by atomic mass is 9.68. The van der Waals surface area contributed by atoms with Gasteiger partial charge in [0.15, 0.2) is 14.1 Å². The van der Waals surface area contributed by atoms with Crippen LogP contribution in [0, 0.1) is 16.7 Å². The molecule has 1 N–H and O–H groups in total. The van der Waals surface area contributed by atoms with Crippen molar-refractivity contribution in [2.75, 3.05) is 40.0 Å². The summed E-state index contributed by atoms with van der Waals surface area (Å²) in [5, 5.41) is 11.1. The molecule has 2 fully saturated rings. The minimum Gasteiger partial charge on any atom is -0.417 e. The van der Waals surface area contributed by atoms with Crippen LogP contribution in [-0.2, 0) is 39.5 Å². The van der Waals surface area contributed by atoms with Gasteiger partial charge in [0, 0.05) is 36.0 Å². The van der Waals surface area contributed by atoms with Gasteiger partial charge in [0.2, 0.25) is 0 Å². The van der Waals surface area contributed by atoms with Crippen molar-refractivity contribution in [3.05, 3.63) is 48.0 Å². The Labute approximate surface area is 319 Å². The van der Waals surface area contributed by atoms with E-state index in [0.717, 1.165) is 24.1 Å². The molecule has 0 saturated heterocycles. The number of rotatable bonds is 23. The summed E-state index contributed by atoms with van der Waals surface area (Å²) in [4.78, 5) is 13.8. The summed E-state index contributed by atoms with van der Waals surface area (Å²) in [6, 6.07) is 12.2. The van der Waals surface area contributed by atoms with Gasteiger partial charge in [0.1, 0.15) is 25.3 Å². The number of carbonyl (C=O) groups is 1. The third-order valence-electron chi connectivity index (χ3n) is 12.1. The molecule has 0 aliphatic heterocycles. The Morgan fingerprint density at radius 1 is 0.885 bits per heavy atom. The highest BCUT2D eigenvalue weighted by Gasteiger charge is 2.67. The second-order valence-corrected chi connectivity index (χ2v) is 35.8. The maximum atomic E-state index is 13.8. The third-order valence-corrected chi connectivity index (χ3v) is 20.0. The molecular weight excluding hydrogens is 705 g/mol. The van der Waals surface area contributed by atoms with Gasteiger partial charge in [-0.15, -0.1) is 0 Å². The number of aliphatic hydroxyl groups excluding tert-OH is 1. The molecule has 3 rings (SSSR count). The van der Waals surface area contributed by atoms with E-state index >= 15 is 0 Å². The standard InChI is InChI=1S/C41H74O8Si3/c1-38(2,3)52(12,13)49-24-20-35(47-32-45-26-28-51(9,10)11)41(48-29-33-17-15-14-16-18-33,30-46-31-44-25-27-50(6,7)8)23-22-40-21-19-34(39(40,4)5)36(42)37(40)43/h14-18,22-23,34-36,42H,19-21,24-32H2,1-13H3/b23-22+/t34-,35+,36+,40+,41-/m0/s1. The smallest absolute Gasteiger partial charge is 0.191 e. The Morgan fingerprint density at radius 2 is 1.48 bits per heavy atom. The van der Waals surface area contributed by atoms with Crippen LogP contribution in [0.3, 0.4) is 0 Å². The first-order valence-corrected chi connectivity index (χ1v) is 29.9. The van der Waals surface area contributed by atoms with Crippen LogP contribution >= 0.6 is 0 Å². The van der Waals surface area contributed by atoms with Gasteiger partial charge >= 0.3 is 0 Å². The maximum absolute atomic E-state index is 13.8. The molecule has 5 atom stereocenters. The van der Waals surface area contributed by atoms with Crippen LogP contribution in [0.25, 0.3) is 0 Å². The minimum absolute atomic E-state index is 0.0495. The molecule has 8 nitrogen and oxygen atoms in total. The van der Waals surface area contributed by atoms with Gasteiger partial charge in [-0.1, -0.05) is 116 Å². The van der Waals surface area contributed by atoms with Gasteiger partial charge in [-0.2, -0.15) is 0 Å². The van der Waals surface area contributed by atoms with Gasteiger partial charge in [-0.05, 0) is 66.4 Å². The van der Waals surface area contributed by atoms with E-state index in [0.29, 0.717) is 39.3 Å². The predicted octanol–water partition coefficient (Wildman–Crippen LogP) is 9.30. The van der Waals surface area contributed by atoms with Crippen LogP contribution in [0.2, 0.25) is 69.5 Å². The van der Waals surface area contributed by atoms with Crippen molar-refractivity contribution in [1.29, 1.82) is 0 Å². The summed E-state index contributed by atoms with van der Waals surface area (Å²) >= 11 is 0. The molecule has 0 amide bonds. The Bertz CT molecular complexity index is 1280. The number of ether oxygens (including phenoxy) is 5. The fourth-order valence-corrected chi connectivity index (χ4v) is 9.67. The molecule has 0 heterocycles. The zero-order valence-electron chi connectivity index (χ0n) is 35.1. The average molecular weight is 779 g/mol. The minimum atomic E-state index is -2.07. The van der Waals surface area contributed by atoms with Gasteiger partial charge in [0.25, 0.3) is 0 Å². The predicted molar refractivity (Wildman–Crippen MR) is 220 cm³/mol. The molecule has 0 radical (unpaired) electrons. The molecule has 2 aliphatic rings. The molecule has 2 aliphatic carbocycles. The highest BCUT2D eigenvalue weighted by atomic mass is 28.4. The molecule has 0 spiro atoms. The van der Waals surface area contributed by atoms with E-state index in [1.807, 2.05) is 42.5 Å². The third kappa shape index (κ3) is 12.0. The second kappa shape index (κ2) is 18.3. The SMILES string of the molecule is CC1(C)[C@H]2CC[C@@]1(/C=C/[C@@](COCOCC[Si](C)(C)C)(OCc1ccccc1)[C@@H](CCO[Si](C)(C)C(C)(C)C)OCOCC[Si](C)(C)C)C(=O)[C@@H]2O. The summed E-state index contributed by atoms with van der Waals surface area (Å²) in [5.74, 6) is -0.184. The lowest BCUT2D eigenvalue weighted by molar-refractivity contribution is -0.201. The molecule has 0 unspecified atom stereocenters. The molecule has 1 aromatic carbocycles. The zero-order valence-corrected chi connectivity index (χ0v) is 38.1. The molecule has 0 aromatic heterocycles. The van der Waals surface area contributed by atoms with Crippen molar-refractivity contribution >= 4 is 30.2 Å². The fourth-order valence-electron chi connectivity index (χ4n) is 7.09. The van der Waals surface area contributed by atoms with Crippen LogP contribution in [0.5, 0.6) is 0 Å². The Balaban J connectivity index is 2.05. The Hall–Kier alpha value is -0.999. The summed E-state index contributed by atoms with van der Waals surface area (Å²) in [5.41, 5.74) is -1.34. The Morgan fingerprint density at radius 3 is 2.02 bits per heavy atom. The van der Waals surface area contributed by atoms with E-state index in [4.69, 9.17) is 28.1 Å². The van der Waals surface area contributed by atoms with Crippen molar-refractivity contribution < 1.29 is 38.0 Å². The molecule has 52 heavy (non-hydrogen) atoms. The lowest BCUT2D eigenvalue weighted by Gasteiger charge is -2.41. The number of ketones is 1. The first kappa shape index (κ1) is 45.4. The number of benzene rings is 1. The summed E-state index contributed by atoms with van der Waals surface area (Å²) in [7, 11) is -4.65. The number of allylic oxidation sites excluding steroid dienone is 1. The monoisotopic (exact) mass is 778 g/mol. The van der Waals surface area contributed by atoms with Crippen molar-refractivity contribution in [3.63, 3.8) is 0 Å². The van der Waals surface area contributed by atoms with Crippen molar-refractivity contribution in [3.8, 4) is 0 Å². The largest absolute Gasteiger partial charge is 0.417 e. The van der Waals surface area contributed by atoms with E-state index < -0.39 is 53.1 Å². The first-order chi connectivity index (χ1) is 24.0. The summed E-state index contributed by atoms with van der Waals surface area (Å²) in [6.07, 6.45) is 4.57. The number of Topliss-reactive ketones (excluding diaryl/α,β-unsaturated/α-hetero) is 1. The van der Waals surface area contributed by atoms with Crippen LogP contribution in [0.4, 0.5) is 0 Å². The van der Waals surface area contributed by atoms with Crippen molar-refractivity contribution in [2.24, 2.45) is 16.7 Å². The van der Waals surface area contributed by atoms with E-state index in [1.54, 1.807) is 0 Å². The van der Waals surface area contributed by atoms with E-state index in [9.17, 15) is 9.90 Å². The highest BCUT2D eigenvalue weighted by molar-refractivity contribution is 6.76. The fraction of sp³-hybridized carbons (Fsp3) is 0.780. The van der Waals surface area contributed by atoms with Crippen LogP contribution in [0.15, 0.2) is 42.5 Å². The lowest BCUT2D eigenvalue weighted by Crippen LogP contribution is -2.51. The average Bonchev–Trinajstić information content (AvgIpc) is 3.37. The topological polar surface area (TPSA) is 92.7 Å². The van der Waals surface area contributed by atoms with Crippen molar-refractivity contribution in [1.82, 2.24) is 0 Å². The molecule has 2 saturated carbocycles. The van der Waals surface area contributed by atoms with Gasteiger partial charge in [0.05, 0.1) is 24.7 Å². The molecule has 2 bridgehead atoms. The number of hydrogen-bond acceptors (Lipinski definition) is 8. The van der Waals surface area contributed by atoms with E-state index in [2.05, 4.69) is 87.0 Å². The zero-order chi connectivity index (χ0) is 39.1. The normalized spacial score (nSPS) is 24.2. The van der Waals surface area contributed by atoms with E-state index in [1.165, 1.54) is 0 Å². The summed E-state index contributed by atoms with van der Waals surface area (Å²) < 4.78 is 39.0. The van der Waals surface area contributed by atoms with Gasteiger partial charge < -0.3 is 33.2 Å². The second-order valence-electron chi connectivity index (χ2n) is 19.8. The number of carbonyl (C=O) groups excluding carboxylic acids is 1. The molecular formula is C41H74O8Si3. The van der Waals surface area contributed by atoms with Crippen LogP contribution in [0.1, 0.15) is 59.4 Å². The quantitative estimate of drug-likeness (QED) is 0.0509. The number of aliphatic hydroxyl groups is 1. The molecule has 11 heteroatoms. The van der Waals surface area contributed by atoms with Crippen LogP contribution < -0.4 is 0 Å². The Kier molecular flexibility index (Phi) is 16.0. The number of hydrogen-bond donors (Lipinski definition) is 1. The first-order valence-electron chi connectivity index (χ1n) is 19.6. The molecule has 1 aromatic rings. The number of fused-ring (bicyclic) bond motifs is 2.